The molecular formula is C13H15FN2O3. The van der Waals surface area contributed by atoms with E-state index in [9.17, 15) is 9.18 Å². The van der Waals surface area contributed by atoms with Gasteiger partial charge >= 0.3 is 5.97 Å². The SMILES string of the molecule is O=C(O)c1cc(F)cnc1NCC1CC2CCC1O2. The van der Waals surface area contributed by atoms with Crippen molar-refractivity contribution in [3.05, 3.63) is 23.6 Å². The largest absolute Gasteiger partial charge is 0.478 e. The molecule has 5 nitrogen and oxygen atoms in total. The molecule has 3 atom stereocenters. The number of hydrogen-bond donors (Lipinski definition) is 2. The van der Waals surface area contributed by atoms with Gasteiger partial charge in [0.15, 0.2) is 0 Å². The van der Waals surface area contributed by atoms with Crippen LogP contribution >= 0.6 is 0 Å². The normalized spacial score (nSPS) is 28.6. The van der Waals surface area contributed by atoms with Gasteiger partial charge in [-0.3, -0.25) is 0 Å². The smallest absolute Gasteiger partial charge is 0.339 e. The second-order valence-electron chi connectivity index (χ2n) is 5.11. The predicted octanol–water partition coefficient (Wildman–Crippen LogP) is 1.90. The molecule has 0 saturated carbocycles. The maximum atomic E-state index is 13.0. The van der Waals surface area contributed by atoms with Crippen LogP contribution in [0, 0.1) is 11.7 Å². The molecule has 19 heavy (non-hydrogen) atoms. The molecule has 2 saturated heterocycles. The molecule has 1 aromatic heterocycles. The van der Waals surface area contributed by atoms with Crippen molar-refractivity contribution in [1.82, 2.24) is 4.98 Å². The number of halogens is 1. The summed E-state index contributed by atoms with van der Waals surface area (Å²) in [5.41, 5.74) is -0.135. The van der Waals surface area contributed by atoms with Crippen LogP contribution in [-0.4, -0.2) is 34.8 Å². The summed E-state index contributed by atoms with van der Waals surface area (Å²) in [6.45, 7) is 0.611. The first-order valence-electron chi connectivity index (χ1n) is 6.41. The molecule has 2 bridgehead atoms. The van der Waals surface area contributed by atoms with Gasteiger partial charge < -0.3 is 15.2 Å². The number of anilines is 1. The lowest BCUT2D eigenvalue weighted by molar-refractivity contribution is 0.0697. The van der Waals surface area contributed by atoms with Crippen molar-refractivity contribution >= 4 is 11.8 Å². The Balaban J connectivity index is 1.68. The van der Waals surface area contributed by atoms with Gasteiger partial charge in [-0.2, -0.15) is 0 Å². The fourth-order valence-electron chi connectivity index (χ4n) is 2.93. The Bertz CT molecular complexity index is 509. The summed E-state index contributed by atoms with van der Waals surface area (Å²) in [5.74, 6) is -1.23. The number of nitrogens with one attached hydrogen (secondary N) is 1. The number of hydrogen-bond acceptors (Lipinski definition) is 4. The van der Waals surface area contributed by atoms with Crippen LogP contribution in [-0.2, 0) is 4.74 Å². The third kappa shape index (κ3) is 2.40. The van der Waals surface area contributed by atoms with Gasteiger partial charge in [0.25, 0.3) is 0 Å². The highest BCUT2D eigenvalue weighted by atomic mass is 19.1. The molecule has 3 unspecified atom stereocenters. The maximum absolute atomic E-state index is 13.0. The van der Waals surface area contributed by atoms with Gasteiger partial charge in [0.05, 0.1) is 18.4 Å². The van der Waals surface area contributed by atoms with Crippen molar-refractivity contribution in [2.45, 2.75) is 31.5 Å². The third-order valence-electron chi connectivity index (χ3n) is 3.85. The Morgan fingerprint density at radius 1 is 1.58 bits per heavy atom. The number of pyridine rings is 1. The summed E-state index contributed by atoms with van der Waals surface area (Å²) in [4.78, 5) is 14.8. The van der Waals surface area contributed by atoms with Crippen molar-refractivity contribution in [1.29, 1.82) is 0 Å². The van der Waals surface area contributed by atoms with E-state index in [1.807, 2.05) is 0 Å². The zero-order valence-corrected chi connectivity index (χ0v) is 10.3. The van der Waals surface area contributed by atoms with Crippen molar-refractivity contribution in [3.63, 3.8) is 0 Å². The molecule has 1 aromatic rings. The average Bonchev–Trinajstić information content (AvgIpc) is 2.99. The number of aromatic carboxylic acids is 1. The minimum absolute atomic E-state index is 0.135. The first kappa shape index (κ1) is 12.3. The van der Waals surface area contributed by atoms with E-state index < -0.39 is 11.8 Å². The van der Waals surface area contributed by atoms with Crippen molar-refractivity contribution in [2.75, 3.05) is 11.9 Å². The van der Waals surface area contributed by atoms with Gasteiger partial charge in [-0.05, 0) is 25.3 Å². The van der Waals surface area contributed by atoms with E-state index in [1.165, 1.54) is 0 Å². The van der Waals surface area contributed by atoms with Gasteiger partial charge in [-0.25, -0.2) is 14.2 Å². The number of carboxylic acids is 1. The van der Waals surface area contributed by atoms with Crippen LogP contribution in [0.2, 0.25) is 0 Å². The summed E-state index contributed by atoms with van der Waals surface area (Å²) >= 11 is 0. The fourth-order valence-corrected chi connectivity index (χ4v) is 2.93. The second kappa shape index (κ2) is 4.77. The Morgan fingerprint density at radius 2 is 2.42 bits per heavy atom. The summed E-state index contributed by atoms with van der Waals surface area (Å²) in [6, 6.07) is 0.981. The molecular weight excluding hydrogens is 251 g/mol. The lowest BCUT2D eigenvalue weighted by atomic mass is 9.89. The molecule has 0 amide bonds. The molecule has 3 rings (SSSR count). The molecule has 3 heterocycles. The van der Waals surface area contributed by atoms with Gasteiger partial charge in [0.1, 0.15) is 17.2 Å². The van der Waals surface area contributed by atoms with Gasteiger partial charge in [-0.15, -0.1) is 0 Å². The third-order valence-corrected chi connectivity index (χ3v) is 3.85. The second-order valence-corrected chi connectivity index (χ2v) is 5.11. The molecule has 2 fully saturated rings. The van der Waals surface area contributed by atoms with Gasteiger partial charge in [0.2, 0.25) is 0 Å². The highest BCUT2D eigenvalue weighted by Gasteiger charge is 2.40. The highest BCUT2D eigenvalue weighted by Crippen LogP contribution is 2.38. The van der Waals surface area contributed by atoms with Crippen molar-refractivity contribution < 1.29 is 19.0 Å². The molecule has 0 spiro atoms. The Morgan fingerprint density at radius 3 is 3.05 bits per heavy atom. The first-order valence-corrected chi connectivity index (χ1v) is 6.41. The Hall–Kier alpha value is -1.69. The van der Waals surface area contributed by atoms with Gasteiger partial charge in [0, 0.05) is 12.5 Å². The molecule has 0 aromatic carbocycles. The summed E-state index contributed by atoms with van der Waals surface area (Å²) < 4.78 is 18.7. The average molecular weight is 266 g/mol. The van der Waals surface area contributed by atoms with Crippen LogP contribution in [0.3, 0.4) is 0 Å². The van der Waals surface area contributed by atoms with Crippen LogP contribution in [0.15, 0.2) is 12.3 Å². The summed E-state index contributed by atoms with van der Waals surface area (Å²) in [7, 11) is 0. The molecule has 6 heteroatoms. The van der Waals surface area contributed by atoms with E-state index in [2.05, 4.69) is 10.3 Å². The molecule has 102 valence electrons. The topological polar surface area (TPSA) is 71.5 Å². The highest BCUT2D eigenvalue weighted by molar-refractivity contribution is 5.93. The maximum Gasteiger partial charge on any atom is 0.339 e. The lowest BCUT2D eigenvalue weighted by Crippen LogP contribution is -2.25. The van der Waals surface area contributed by atoms with E-state index in [0.29, 0.717) is 18.6 Å². The van der Waals surface area contributed by atoms with Crippen molar-refractivity contribution in [3.8, 4) is 0 Å². The van der Waals surface area contributed by atoms with Crippen LogP contribution in [0.4, 0.5) is 10.2 Å². The number of nitrogens with zero attached hydrogens (tertiary/aromatic N) is 1. The van der Waals surface area contributed by atoms with Crippen LogP contribution in [0.25, 0.3) is 0 Å². The molecule has 2 aliphatic rings. The molecule has 2 N–H and O–H groups in total. The minimum atomic E-state index is -1.18. The molecule has 0 radical (unpaired) electrons. The Kier molecular flexibility index (Phi) is 3.10. The van der Waals surface area contributed by atoms with Crippen molar-refractivity contribution in [2.24, 2.45) is 5.92 Å². The number of rotatable bonds is 4. The quantitative estimate of drug-likeness (QED) is 0.871. The summed E-state index contributed by atoms with van der Waals surface area (Å²) in [5, 5.41) is 12.0. The number of ether oxygens (including phenoxy) is 1. The predicted molar refractivity (Wildman–Crippen MR) is 65.6 cm³/mol. The zero-order valence-electron chi connectivity index (χ0n) is 10.3. The minimum Gasteiger partial charge on any atom is -0.478 e. The zero-order chi connectivity index (χ0) is 13.4. The van der Waals surface area contributed by atoms with E-state index >= 15 is 0 Å². The van der Waals surface area contributed by atoms with E-state index in [1.54, 1.807) is 0 Å². The van der Waals surface area contributed by atoms with Crippen LogP contribution in [0.5, 0.6) is 0 Å². The number of carboxylic acid groups (broad SMARTS) is 1. The lowest BCUT2D eigenvalue weighted by Gasteiger charge is -2.19. The van der Waals surface area contributed by atoms with Crippen LogP contribution < -0.4 is 5.32 Å². The molecule has 0 aliphatic carbocycles. The summed E-state index contributed by atoms with van der Waals surface area (Å²) in [6.07, 6.45) is 4.84. The van der Waals surface area contributed by atoms with Crippen LogP contribution in [0.1, 0.15) is 29.6 Å². The first-order chi connectivity index (χ1) is 9.13. The Labute approximate surface area is 109 Å². The number of carbonyl (C=O) groups is 1. The molecule has 2 aliphatic heterocycles. The van der Waals surface area contributed by atoms with Gasteiger partial charge in [-0.1, -0.05) is 0 Å². The van der Waals surface area contributed by atoms with E-state index in [0.717, 1.165) is 31.5 Å². The fraction of sp³-hybridized carbons (Fsp3) is 0.538. The number of aromatic nitrogens is 1. The monoisotopic (exact) mass is 266 g/mol. The standard InChI is InChI=1S/C13H15FN2O3/c14-8-4-10(13(17)18)12(16-6-8)15-5-7-3-9-1-2-11(7)19-9/h4,6-7,9,11H,1-3,5H2,(H,15,16)(H,17,18). The van der Waals surface area contributed by atoms with E-state index in [4.69, 9.17) is 9.84 Å². The number of fused-ring (bicyclic) bond motifs is 2. The van der Waals surface area contributed by atoms with E-state index in [-0.39, 0.29) is 17.5 Å².